The molecule has 0 spiro atoms. The first-order valence-corrected chi connectivity index (χ1v) is 6.90. The number of carboxylic acids is 1. The molecule has 0 saturated heterocycles. The summed E-state index contributed by atoms with van der Waals surface area (Å²) in [6.45, 7) is 0. The molecule has 6 aliphatic carbocycles. The van der Waals surface area contributed by atoms with E-state index >= 15 is 0 Å². The minimum atomic E-state index is -0.913. The van der Waals surface area contributed by atoms with Crippen molar-refractivity contribution >= 4 is 11.9 Å². The summed E-state index contributed by atoms with van der Waals surface area (Å²) in [6, 6.07) is 0. The van der Waals surface area contributed by atoms with Crippen molar-refractivity contribution in [2.45, 2.75) is 0 Å². The predicted molar refractivity (Wildman–Crippen MR) is 63.7 cm³/mol. The van der Waals surface area contributed by atoms with E-state index in [4.69, 9.17) is 4.74 Å². The molecular formula is C15H14O4. The summed E-state index contributed by atoms with van der Waals surface area (Å²) < 4.78 is 4.84. The Hall–Kier alpha value is -1.58. The van der Waals surface area contributed by atoms with E-state index in [-0.39, 0.29) is 11.8 Å². The van der Waals surface area contributed by atoms with Gasteiger partial charge in [0.1, 0.15) is 0 Å². The highest BCUT2D eigenvalue weighted by molar-refractivity contribution is 6.02. The van der Waals surface area contributed by atoms with Gasteiger partial charge in [-0.2, -0.15) is 0 Å². The summed E-state index contributed by atoms with van der Waals surface area (Å²) in [5, 5.41) is 9.50. The van der Waals surface area contributed by atoms with Gasteiger partial charge >= 0.3 is 11.9 Å². The molecule has 0 heterocycles. The Morgan fingerprint density at radius 2 is 1.58 bits per heavy atom. The number of carbonyl (C=O) groups excluding carboxylic acids is 1. The Kier molecular flexibility index (Phi) is 1.50. The van der Waals surface area contributed by atoms with Crippen LogP contribution in [-0.2, 0) is 14.3 Å². The molecule has 6 aliphatic rings. The first-order valence-electron chi connectivity index (χ1n) is 6.90. The number of hydrogen-bond acceptors (Lipinski definition) is 3. The van der Waals surface area contributed by atoms with Crippen LogP contribution < -0.4 is 0 Å². The molecule has 0 unspecified atom stereocenters. The lowest BCUT2D eigenvalue weighted by Gasteiger charge is -2.32. The lowest BCUT2D eigenvalue weighted by molar-refractivity contribution is -0.139. The van der Waals surface area contributed by atoms with Crippen molar-refractivity contribution in [3.63, 3.8) is 0 Å². The van der Waals surface area contributed by atoms with Crippen molar-refractivity contribution in [2.75, 3.05) is 7.11 Å². The summed E-state index contributed by atoms with van der Waals surface area (Å²) in [5.41, 5.74) is 0.872. The Morgan fingerprint density at radius 1 is 1.00 bits per heavy atom. The molecule has 98 valence electrons. The number of allylic oxidation sites excluding steroid dienone is 2. The van der Waals surface area contributed by atoms with E-state index in [0.717, 1.165) is 0 Å². The van der Waals surface area contributed by atoms with Crippen molar-refractivity contribution in [1.82, 2.24) is 0 Å². The summed E-state index contributed by atoms with van der Waals surface area (Å²) in [7, 11) is 1.34. The van der Waals surface area contributed by atoms with E-state index < -0.39 is 11.9 Å². The van der Waals surface area contributed by atoms with Crippen LogP contribution in [0.25, 0.3) is 0 Å². The number of esters is 1. The third-order valence-electron chi connectivity index (χ3n) is 6.47. The number of carboxylic acid groups (broad SMARTS) is 1. The number of carbonyl (C=O) groups is 2. The second kappa shape index (κ2) is 2.79. The fourth-order valence-corrected chi connectivity index (χ4v) is 6.48. The van der Waals surface area contributed by atoms with Crippen LogP contribution in [0.4, 0.5) is 0 Å². The highest BCUT2D eigenvalue weighted by Crippen LogP contribution is 2.81. The van der Waals surface area contributed by atoms with E-state index in [0.29, 0.717) is 46.7 Å². The lowest BCUT2D eigenvalue weighted by atomic mass is 9.71. The van der Waals surface area contributed by atoms with Crippen LogP contribution in [0, 0.1) is 47.3 Å². The fraction of sp³-hybridized carbons (Fsp3) is 0.600. The Labute approximate surface area is 110 Å². The third kappa shape index (κ3) is 0.798. The van der Waals surface area contributed by atoms with Gasteiger partial charge in [-0.3, -0.25) is 0 Å². The van der Waals surface area contributed by atoms with Crippen LogP contribution in [0.5, 0.6) is 0 Å². The van der Waals surface area contributed by atoms with E-state index in [1.807, 2.05) is 0 Å². The van der Waals surface area contributed by atoms with Crippen molar-refractivity contribution in [3.05, 3.63) is 23.3 Å². The maximum Gasteiger partial charge on any atom is 0.334 e. The SMILES string of the molecule is COC(=O)C1=C(C(=O)O)[C@@H]2[C@H]3[C@@H]1[C@H]1[C@@H]4C=C[C@H]([C@H]43)[C@@H]21. The van der Waals surface area contributed by atoms with Gasteiger partial charge in [-0.05, 0) is 47.3 Å². The minimum Gasteiger partial charge on any atom is -0.478 e. The van der Waals surface area contributed by atoms with Gasteiger partial charge in [-0.25, -0.2) is 9.59 Å². The average molecular weight is 258 g/mol. The van der Waals surface area contributed by atoms with E-state index in [9.17, 15) is 14.7 Å². The molecule has 1 N–H and O–H groups in total. The zero-order valence-electron chi connectivity index (χ0n) is 10.4. The van der Waals surface area contributed by atoms with Gasteiger partial charge in [0.05, 0.1) is 18.3 Å². The van der Waals surface area contributed by atoms with Crippen molar-refractivity contribution in [3.8, 4) is 0 Å². The monoisotopic (exact) mass is 258 g/mol. The molecule has 6 rings (SSSR count). The van der Waals surface area contributed by atoms with Gasteiger partial charge in [0, 0.05) is 0 Å². The molecular weight excluding hydrogens is 244 g/mol. The average Bonchev–Trinajstić information content (AvgIpc) is 3.15. The highest BCUT2D eigenvalue weighted by Gasteiger charge is 2.79. The van der Waals surface area contributed by atoms with Crippen molar-refractivity contribution < 1.29 is 19.4 Å². The van der Waals surface area contributed by atoms with Crippen molar-refractivity contribution in [2.24, 2.45) is 47.3 Å². The van der Waals surface area contributed by atoms with E-state index in [1.54, 1.807) is 0 Å². The Morgan fingerprint density at radius 3 is 2.11 bits per heavy atom. The lowest BCUT2D eigenvalue weighted by Crippen LogP contribution is -2.32. The number of methoxy groups -OCH3 is 1. The number of aliphatic carboxylic acids is 1. The van der Waals surface area contributed by atoms with Crippen LogP contribution >= 0.6 is 0 Å². The van der Waals surface area contributed by atoms with Crippen LogP contribution in [0.3, 0.4) is 0 Å². The Balaban J connectivity index is 1.71. The van der Waals surface area contributed by atoms with Gasteiger partial charge in [0.2, 0.25) is 0 Å². The molecule has 0 aromatic rings. The van der Waals surface area contributed by atoms with Gasteiger partial charge in [0.25, 0.3) is 0 Å². The molecule has 4 saturated carbocycles. The normalized spacial score (nSPS) is 53.7. The summed E-state index contributed by atoms with van der Waals surface area (Å²) in [5.74, 6) is 2.08. The maximum absolute atomic E-state index is 12.0. The smallest absolute Gasteiger partial charge is 0.334 e. The predicted octanol–water partition coefficient (Wildman–Crippen LogP) is 1.09. The molecule has 0 radical (unpaired) electrons. The molecule has 8 bridgehead atoms. The molecule has 19 heavy (non-hydrogen) atoms. The van der Waals surface area contributed by atoms with E-state index in [2.05, 4.69) is 12.2 Å². The second-order valence-corrected chi connectivity index (χ2v) is 6.52. The van der Waals surface area contributed by atoms with Crippen molar-refractivity contribution in [1.29, 1.82) is 0 Å². The molecule has 4 heteroatoms. The number of hydrogen-bond donors (Lipinski definition) is 1. The molecule has 0 amide bonds. The molecule has 4 fully saturated rings. The van der Waals surface area contributed by atoms with E-state index in [1.165, 1.54) is 7.11 Å². The fourth-order valence-electron chi connectivity index (χ4n) is 6.48. The summed E-state index contributed by atoms with van der Waals surface area (Å²) in [4.78, 5) is 23.6. The summed E-state index contributed by atoms with van der Waals surface area (Å²) in [6.07, 6.45) is 4.60. The standard InChI is InChI=1S/C15H14O4/c1-19-15(18)13-11-8-5-3-2-4-6(5)9(11)10(7(4)8)12(13)14(16)17/h2-11H,1H3,(H,16,17)/t4-,5-,6-,7-,8+,9+,10+,11+/m1/s1. The number of ether oxygens (including phenoxy) is 1. The van der Waals surface area contributed by atoms with Gasteiger partial charge < -0.3 is 9.84 Å². The van der Waals surface area contributed by atoms with Gasteiger partial charge in [-0.15, -0.1) is 0 Å². The van der Waals surface area contributed by atoms with Crippen LogP contribution in [0.15, 0.2) is 23.3 Å². The molecule has 0 aromatic carbocycles. The number of rotatable bonds is 2. The summed E-state index contributed by atoms with van der Waals surface area (Å²) >= 11 is 0. The topological polar surface area (TPSA) is 63.6 Å². The highest BCUT2D eigenvalue weighted by atomic mass is 16.5. The quantitative estimate of drug-likeness (QED) is 0.595. The van der Waals surface area contributed by atoms with Crippen LogP contribution in [-0.4, -0.2) is 24.2 Å². The molecule has 4 nitrogen and oxygen atoms in total. The molecule has 0 aliphatic heterocycles. The first-order chi connectivity index (χ1) is 9.16. The van der Waals surface area contributed by atoms with Crippen LogP contribution in [0.2, 0.25) is 0 Å². The van der Waals surface area contributed by atoms with Gasteiger partial charge in [0.15, 0.2) is 0 Å². The zero-order chi connectivity index (χ0) is 13.0. The first kappa shape index (κ1) is 10.2. The molecule has 8 atom stereocenters. The van der Waals surface area contributed by atoms with Gasteiger partial charge in [-0.1, -0.05) is 12.2 Å². The minimum absolute atomic E-state index is 0.109. The zero-order valence-corrected chi connectivity index (χ0v) is 10.4. The molecule has 0 aromatic heterocycles. The maximum atomic E-state index is 12.0. The largest absolute Gasteiger partial charge is 0.478 e. The van der Waals surface area contributed by atoms with Crippen LogP contribution in [0.1, 0.15) is 0 Å². The Bertz CT molecular complexity index is 601. The second-order valence-electron chi connectivity index (χ2n) is 6.52. The third-order valence-corrected chi connectivity index (χ3v) is 6.47.